The van der Waals surface area contributed by atoms with Crippen LogP contribution in [-0.4, -0.2) is 30.9 Å². The minimum absolute atomic E-state index is 0.0119. The molecule has 1 fully saturated rings. The van der Waals surface area contributed by atoms with Crippen molar-refractivity contribution >= 4 is 23.2 Å². The Morgan fingerprint density at radius 3 is 2.43 bits per heavy atom. The standard InChI is InChI=1S/C19H21ClN2O/c1-21(19(23)15-8-10-17(20)11-9-15)14-16-6-2-3-7-18(16)22-12-4-5-13-22/h2-3,6-11H,4-5,12-14H2,1H3. The number of hydrogen-bond donors (Lipinski definition) is 0. The largest absolute Gasteiger partial charge is 0.371 e. The van der Waals surface area contributed by atoms with Crippen molar-refractivity contribution in [1.82, 2.24) is 4.90 Å². The highest BCUT2D eigenvalue weighted by Gasteiger charge is 2.18. The van der Waals surface area contributed by atoms with Crippen LogP contribution in [0.2, 0.25) is 5.02 Å². The number of hydrogen-bond acceptors (Lipinski definition) is 2. The summed E-state index contributed by atoms with van der Waals surface area (Å²) >= 11 is 5.89. The second-order valence-electron chi connectivity index (χ2n) is 5.99. The second kappa shape index (κ2) is 7.05. The molecule has 1 amide bonds. The number of halogens is 1. The van der Waals surface area contributed by atoms with E-state index in [0.29, 0.717) is 17.1 Å². The van der Waals surface area contributed by atoms with E-state index in [4.69, 9.17) is 11.6 Å². The molecule has 0 atom stereocenters. The van der Waals surface area contributed by atoms with Crippen molar-refractivity contribution in [3.05, 3.63) is 64.7 Å². The molecule has 1 heterocycles. The van der Waals surface area contributed by atoms with Crippen molar-refractivity contribution in [2.45, 2.75) is 19.4 Å². The molecule has 0 unspecified atom stereocenters. The van der Waals surface area contributed by atoms with E-state index < -0.39 is 0 Å². The van der Waals surface area contributed by atoms with Crippen molar-refractivity contribution < 1.29 is 4.79 Å². The van der Waals surface area contributed by atoms with E-state index in [2.05, 4.69) is 23.1 Å². The van der Waals surface area contributed by atoms with Crippen LogP contribution in [-0.2, 0) is 6.54 Å². The van der Waals surface area contributed by atoms with Gasteiger partial charge in [0.25, 0.3) is 5.91 Å². The van der Waals surface area contributed by atoms with E-state index in [9.17, 15) is 4.79 Å². The van der Waals surface area contributed by atoms with Gasteiger partial charge in [0.1, 0.15) is 0 Å². The Kier molecular flexibility index (Phi) is 4.87. The van der Waals surface area contributed by atoms with Gasteiger partial charge in [0.2, 0.25) is 0 Å². The molecule has 0 bridgehead atoms. The number of para-hydroxylation sites is 1. The second-order valence-corrected chi connectivity index (χ2v) is 6.43. The smallest absolute Gasteiger partial charge is 0.253 e. The predicted octanol–water partition coefficient (Wildman–Crippen LogP) is 4.21. The summed E-state index contributed by atoms with van der Waals surface area (Å²) in [6.45, 7) is 2.81. The average molecular weight is 329 g/mol. The highest BCUT2D eigenvalue weighted by molar-refractivity contribution is 6.30. The number of amides is 1. The van der Waals surface area contributed by atoms with Gasteiger partial charge in [0.15, 0.2) is 0 Å². The lowest BCUT2D eigenvalue weighted by Gasteiger charge is -2.24. The van der Waals surface area contributed by atoms with E-state index in [-0.39, 0.29) is 5.91 Å². The predicted molar refractivity (Wildman–Crippen MR) is 95.1 cm³/mol. The summed E-state index contributed by atoms with van der Waals surface area (Å²) in [7, 11) is 1.84. The van der Waals surface area contributed by atoms with Gasteiger partial charge in [-0.25, -0.2) is 0 Å². The first-order valence-corrected chi connectivity index (χ1v) is 8.37. The topological polar surface area (TPSA) is 23.6 Å². The number of benzene rings is 2. The summed E-state index contributed by atoms with van der Waals surface area (Å²) in [4.78, 5) is 16.7. The molecule has 0 spiro atoms. The lowest BCUT2D eigenvalue weighted by Crippen LogP contribution is -2.28. The van der Waals surface area contributed by atoms with Crippen molar-refractivity contribution in [2.75, 3.05) is 25.0 Å². The first kappa shape index (κ1) is 15.9. The van der Waals surface area contributed by atoms with Gasteiger partial charge in [-0.1, -0.05) is 29.8 Å². The zero-order valence-electron chi connectivity index (χ0n) is 13.3. The molecular weight excluding hydrogens is 308 g/mol. The first-order chi connectivity index (χ1) is 11.1. The van der Waals surface area contributed by atoms with E-state index >= 15 is 0 Å². The lowest BCUT2D eigenvalue weighted by atomic mass is 10.1. The van der Waals surface area contributed by atoms with Crippen molar-refractivity contribution in [3.63, 3.8) is 0 Å². The Morgan fingerprint density at radius 1 is 1.09 bits per heavy atom. The van der Waals surface area contributed by atoms with Gasteiger partial charge < -0.3 is 9.80 Å². The fraction of sp³-hybridized carbons (Fsp3) is 0.316. The Labute approximate surface area is 142 Å². The van der Waals surface area contributed by atoms with Gasteiger partial charge >= 0.3 is 0 Å². The Hall–Kier alpha value is -2.00. The number of rotatable bonds is 4. The van der Waals surface area contributed by atoms with E-state index in [1.807, 2.05) is 13.1 Å². The number of nitrogens with zero attached hydrogens (tertiary/aromatic N) is 2. The van der Waals surface area contributed by atoms with Gasteiger partial charge in [-0.3, -0.25) is 4.79 Å². The minimum Gasteiger partial charge on any atom is -0.371 e. The summed E-state index contributed by atoms with van der Waals surface area (Å²) in [6, 6.07) is 15.4. The highest BCUT2D eigenvalue weighted by atomic mass is 35.5. The van der Waals surface area contributed by atoms with Crippen LogP contribution in [0.15, 0.2) is 48.5 Å². The van der Waals surface area contributed by atoms with Crippen LogP contribution in [0.1, 0.15) is 28.8 Å². The summed E-state index contributed by atoms with van der Waals surface area (Å²) in [5, 5.41) is 0.642. The van der Waals surface area contributed by atoms with E-state index in [0.717, 1.165) is 13.1 Å². The SMILES string of the molecule is CN(Cc1ccccc1N1CCCC1)C(=O)c1ccc(Cl)cc1. The quantitative estimate of drug-likeness (QED) is 0.839. The molecule has 3 rings (SSSR count). The number of carbonyl (C=O) groups excluding carboxylic acids is 1. The number of anilines is 1. The molecule has 0 radical (unpaired) electrons. The molecule has 23 heavy (non-hydrogen) atoms. The Bertz CT molecular complexity index is 678. The normalized spacial score (nSPS) is 14.1. The molecule has 4 heteroatoms. The van der Waals surface area contributed by atoms with Crippen LogP contribution < -0.4 is 4.90 Å². The van der Waals surface area contributed by atoms with Crippen molar-refractivity contribution in [3.8, 4) is 0 Å². The molecule has 120 valence electrons. The molecule has 1 aliphatic rings. The fourth-order valence-corrected chi connectivity index (χ4v) is 3.18. The maximum atomic E-state index is 12.6. The summed E-state index contributed by atoms with van der Waals surface area (Å²) < 4.78 is 0. The molecule has 2 aromatic carbocycles. The highest BCUT2D eigenvalue weighted by Crippen LogP contribution is 2.25. The van der Waals surface area contributed by atoms with Crippen LogP contribution in [0, 0.1) is 0 Å². The summed E-state index contributed by atoms with van der Waals surface area (Å²) in [6.07, 6.45) is 2.49. The minimum atomic E-state index is 0.0119. The van der Waals surface area contributed by atoms with Gasteiger partial charge in [-0.2, -0.15) is 0 Å². The Morgan fingerprint density at radius 2 is 1.74 bits per heavy atom. The molecule has 0 saturated carbocycles. The monoisotopic (exact) mass is 328 g/mol. The molecule has 0 aliphatic carbocycles. The van der Waals surface area contributed by atoms with Crippen LogP contribution in [0.3, 0.4) is 0 Å². The number of carbonyl (C=O) groups is 1. The fourth-order valence-electron chi connectivity index (χ4n) is 3.05. The van der Waals surface area contributed by atoms with Gasteiger partial charge in [-0.15, -0.1) is 0 Å². The summed E-state index contributed by atoms with van der Waals surface area (Å²) in [5.41, 5.74) is 3.11. The molecule has 3 nitrogen and oxygen atoms in total. The third kappa shape index (κ3) is 3.67. The van der Waals surface area contributed by atoms with Gasteiger partial charge in [0.05, 0.1) is 0 Å². The van der Waals surface area contributed by atoms with Crippen LogP contribution in [0.25, 0.3) is 0 Å². The maximum Gasteiger partial charge on any atom is 0.253 e. The zero-order valence-corrected chi connectivity index (χ0v) is 14.1. The molecule has 0 aromatic heterocycles. The Balaban J connectivity index is 1.76. The van der Waals surface area contributed by atoms with E-state index in [1.165, 1.54) is 24.1 Å². The van der Waals surface area contributed by atoms with E-state index in [1.54, 1.807) is 29.2 Å². The third-order valence-electron chi connectivity index (χ3n) is 4.28. The molecule has 1 aliphatic heterocycles. The third-order valence-corrected chi connectivity index (χ3v) is 4.54. The zero-order chi connectivity index (χ0) is 16.2. The van der Waals surface area contributed by atoms with Gasteiger partial charge in [0, 0.05) is 43.0 Å². The maximum absolute atomic E-state index is 12.6. The summed E-state index contributed by atoms with van der Waals surface area (Å²) in [5.74, 6) is 0.0119. The van der Waals surface area contributed by atoms with Gasteiger partial charge in [-0.05, 0) is 48.7 Å². The molecule has 0 N–H and O–H groups in total. The van der Waals surface area contributed by atoms with Crippen LogP contribution in [0.4, 0.5) is 5.69 Å². The van der Waals surface area contributed by atoms with Crippen molar-refractivity contribution in [2.24, 2.45) is 0 Å². The molecule has 1 saturated heterocycles. The van der Waals surface area contributed by atoms with Crippen LogP contribution in [0.5, 0.6) is 0 Å². The lowest BCUT2D eigenvalue weighted by molar-refractivity contribution is 0.0785. The first-order valence-electron chi connectivity index (χ1n) is 7.99. The average Bonchev–Trinajstić information content (AvgIpc) is 3.09. The van der Waals surface area contributed by atoms with Crippen molar-refractivity contribution in [1.29, 1.82) is 0 Å². The molecular formula is C19H21ClN2O. The molecule has 2 aromatic rings. The van der Waals surface area contributed by atoms with Crippen LogP contribution >= 0.6 is 11.6 Å².